The topological polar surface area (TPSA) is 127 Å². The van der Waals surface area contributed by atoms with E-state index in [4.69, 9.17) is 0 Å². The first-order valence-corrected chi connectivity index (χ1v) is 12.8. The molecule has 0 aliphatic rings. The number of hydrogen-bond acceptors (Lipinski definition) is 7. The molecule has 1 atom stereocenters. The first-order chi connectivity index (χ1) is 16.3. The van der Waals surface area contributed by atoms with Crippen LogP contribution in [0.2, 0.25) is 0 Å². The van der Waals surface area contributed by atoms with Gasteiger partial charge in [-0.1, -0.05) is 50.6 Å². The number of hydrogen-bond donors (Lipinski definition) is 2. The van der Waals surface area contributed by atoms with Crippen LogP contribution >= 0.6 is 0 Å². The molecule has 0 bridgehead atoms. The lowest BCUT2D eigenvalue weighted by molar-refractivity contribution is 0.432. The molecular weight excluding hydrogens is 461 g/mol. The molecule has 2 aromatic heterocycles. The van der Waals surface area contributed by atoms with Crippen molar-refractivity contribution in [2.75, 3.05) is 10.5 Å². The standard InChI is InChI=1S/C23H28FN5O4S/c1-3-5-11-20-27-22(30)21(23(31)29(20)18(4-2)16-9-7-6-8-10-16)28-34(32,33)13-12-19-25-14-17(24)15-26-19/h6-10,14-15,18,28,30H,3-5,11-13H2,1-2H3. The predicted molar refractivity (Wildman–Crippen MR) is 127 cm³/mol. The second-order valence-electron chi connectivity index (χ2n) is 7.83. The van der Waals surface area contributed by atoms with Gasteiger partial charge < -0.3 is 5.11 Å². The quantitative estimate of drug-likeness (QED) is 0.423. The highest BCUT2D eigenvalue weighted by Crippen LogP contribution is 2.26. The van der Waals surface area contributed by atoms with E-state index < -0.39 is 38.7 Å². The van der Waals surface area contributed by atoms with Crippen LogP contribution in [0.1, 0.15) is 56.4 Å². The third-order valence-electron chi connectivity index (χ3n) is 5.33. The molecule has 34 heavy (non-hydrogen) atoms. The van der Waals surface area contributed by atoms with Crippen molar-refractivity contribution < 1.29 is 17.9 Å². The van der Waals surface area contributed by atoms with Crippen LogP contribution < -0.4 is 10.3 Å². The van der Waals surface area contributed by atoms with E-state index in [1.807, 2.05) is 44.2 Å². The smallest absolute Gasteiger partial charge is 0.282 e. The van der Waals surface area contributed by atoms with E-state index in [9.17, 15) is 22.7 Å². The Hall–Kier alpha value is -3.34. The van der Waals surface area contributed by atoms with E-state index >= 15 is 0 Å². The van der Waals surface area contributed by atoms with Crippen molar-refractivity contribution in [2.24, 2.45) is 0 Å². The average molecular weight is 490 g/mol. The van der Waals surface area contributed by atoms with Crippen LogP contribution in [0.5, 0.6) is 5.88 Å². The summed E-state index contributed by atoms with van der Waals surface area (Å²) >= 11 is 0. The number of aryl methyl sites for hydroxylation is 2. The minimum absolute atomic E-state index is 0.103. The van der Waals surface area contributed by atoms with Crippen LogP contribution in [-0.4, -0.2) is 38.8 Å². The lowest BCUT2D eigenvalue weighted by atomic mass is 10.0. The fourth-order valence-corrected chi connectivity index (χ4v) is 4.67. The number of nitrogens with zero attached hydrogens (tertiary/aromatic N) is 4. The van der Waals surface area contributed by atoms with Gasteiger partial charge in [-0.2, -0.15) is 4.98 Å². The summed E-state index contributed by atoms with van der Waals surface area (Å²) in [6.45, 7) is 3.93. The Balaban J connectivity index is 1.98. The summed E-state index contributed by atoms with van der Waals surface area (Å²) in [4.78, 5) is 25.2. The van der Waals surface area contributed by atoms with Gasteiger partial charge in [-0.3, -0.25) is 14.1 Å². The molecule has 0 saturated heterocycles. The van der Waals surface area contributed by atoms with E-state index in [1.54, 1.807) is 0 Å². The molecule has 2 N–H and O–H groups in total. The van der Waals surface area contributed by atoms with Gasteiger partial charge in [0, 0.05) is 12.8 Å². The largest absolute Gasteiger partial charge is 0.492 e. The minimum Gasteiger partial charge on any atom is -0.492 e. The molecule has 0 saturated carbocycles. The van der Waals surface area contributed by atoms with Gasteiger partial charge in [0.25, 0.3) is 5.56 Å². The lowest BCUT2D eigenvalue weighted by Gasteiger charge is -2.23. The number of aromatic nitrogens is 4. The zero-order chi connectivity index (χ0) is 24.7. The Morgan fingerprint density at radius 3 is 2.41 bits per heavy atom. The lowest BCUT2D eigenvalue weighted by Crippen LogP contribution is -2.33. The zero-order valence-electron chi connectivity index (χ0n) is 19.1. The predicted octanol–water partition coefficient (Wildman–Crippen LogP) is 3.20. The Morgan fingerprint density at radius 1 is 1.12 bits per heavy atom. The summed E-state index contributed by atoms with van der Waals surface area (Å²) in [5, 5.41) is 10.5. The minimum atomic E-state index is -4.07. The van der Waals surface area contributed by atoms with Gasteiger partial charge in [-0.15, -0.1) is 0 Å². The maximum absolute atomic E-state index is 13.5. The molecule has 0 radical (unpaired) electrons. The molecule has 0 amide bonds. The van der Waals surface area contributed by atoms with Crippen LogP contribution in [0.25, 0.3) is 0 Å². The summed E-state index contributed by atoms with van der Waals surface area (Å²) < 4.78 is 42.0. The molecule has 0 aliphatic carbocycles. The van der Waals surface area contributed by atoms with Gasteiger partial charge in [0.2, 0.25) is 15.9 Å². The highest BCUT2D eigenvalue weighted by molar-refractivity contribution is 7.92. The van der Waals surface area contributed by atoms with Crippen molar-refractivity contribution in [3.63, 3.8) is 0 Å². The number of unbranched alkanes of at least 4 members (excludes halogenated alkanes) is 1. The fraction of sp³-hybridized carbons (Fsp3) is 0.391. The molecule has 182 valence electrons. The summed E-state index contributed by atoms with van der Waals surface area (Å²) in [7, 11) is -4.07. The van der Waals surface area contributed by atoms with Crippen molar-refractivity contribution in [3.05, 3.63) is 76.1 Å². The molecule has 3 rings (SSSR count). The van der Waals surface area contributed by atoms with Gasteiger partial charge in [0.05, 0.1) is 24.2 Å². The van der Waals surface area contributed by atoms with Crippen LogP contribution in [0, 0.1) is 5.82 Å². The van der Waals surface area contributed by atoms with Crippen molar-refractivity contribution in [3.8, 4) is 5.88 Å². The zero-order valence-corrected chi connectivity index (χ0v) is 19.9. The Labute approximate surface area is 197 Å². The summed E-state index contributed by atoms with van der Waals surface area (Å²) in [5.74, 6) is -1.24. The molecule has 0 spiro atoms. The molecule has 0 aliphatic heterocycles. The number of aromatic hydroxyl groups is 1. The SMILES string of the molecule is CCCCc1nc(O)c(NS(=O)(=O)CCc2ncc(F)cn2)c(=O)n1C(CC)c1ccccc1. The Bertz CT molecular complexity index is 1270. The summed E-state index contributed by atoms with van der Waals surface area (Å²) in [6, 6.07) is 9.00. The van der Waals surface area contributed by atoms with Gasteiger partial charge >= 0.3 is 0 Å². The second kappa shape index (κ2) is 11.2. The van der Waals surface area contributed by atoms with Gasteiger partial charge in [-0.05, 0) is 18.4 Å². The van der Waals surface area contributed by atoms with E-state index in [1.165, 1.54) is 4.57 Å². The van der Waals surface area contributed by atoms with Crippen LogP contribution in [0.3, 0.4) is 0 Å². The van der Waals surface area contributed by atoms with E-state index in [0.29, 0.717) is 18.7 Å². The maximum Gasteiger partial charge on any atom is 0.282 e. The third kappa shape index (κ3) is 6.16. The van der Waals surface area contributed by atoms with E-state index in [2.05, 4.69) is 19.7 Å². The van der Waals surface area contributed by atoms with Crippen molar-refractivity contribution in [1.82, 2.24) is 19.5 Å². The Kier molecular flexibility index (Phi) is 8.32. The average Bonchev–Trinajstić information content (AvgIpc) is 2.83. The summed E-state index contributed by atoms with van der Waals surface area (Å²) in [5.41, 5.74) is -0.301. The Morgan fingerprint density at radius 2 is 1.79 bits per heavy atom. The fourth-order valence-electron chi connectivity index (χ4n) is 3.63. The molecular formula is C23H28FN5O4S. The first-order valence-electron chi connectivity index (χ1n) is 11.1. The third-order valence-corrected chi connectivity index (χ3v) is 6.59. The monoisotopic (exact) mass is 489 g/mol. The number of nitrogens with one attached hydrogen (secondary N) is 1. The molecule has 2 heterocycles. The number of halogens is 1. The van der Waals surface area contributed by atoms with Crippen molar-refractivity contribution >= 4 is 15.7 Å². The van der Waals surface area contributed by atoms with Gasteiger partial charge in [-0.25, -0.2) is 22.8 Å². The number of rotatable bonds is 11. The van der Waals surface area contributed by atoms with E-state index in [0.717, 1.165) is 30.8 Å². The second-order valence-corrected chi connectivity index (χ2v) is 9.67. The molecule has 0 fully saturated rings. The summed E-state index contributed by atoms with van der Waals surface area (Å²) in [6.07, 6.45) is 4.41. The molecule has 9 nitrogen and oxygen atoms in total. The van der Waals surface area contributed by atoms with E-state index in [-0.39, 0.29) is 18.3 Å². The number of anilines is 1. The highest BCUT2D eigenvalue weighted by Gasteiger charge is 2.25. The highest BCUT2D eigenvalue weighted by atomic mass is 32.2. The van der Waals surface area contributed by atoms with Crippen molar-refractivity contribution in [1.29, 1.82) is 0 Å². The van der Waals surface area contributed by atoms with Gasteiger partial charge in [0.15, 0.2) is 11.5 Å². The molecule has 1 aromatic carbocycles. The van der Waals surface area contributed by atoms with Gasteiger partial charge in [0.1, 0.15) is 11.6 Å². The number of sulfonamides is 1. The first kappa shape index (κ1) is 25.3. The normalized spacial score (nSPS) is 12.4. The number of benzene rings is 1. The molecule has 1 unspecified atom stereocenters. The van der Waals surface area contributed by atoms with Crippen LogP contribution in [-0.2, 0) is 22.9 Å². The van der Waals surface area contributed by atoms with Crippen LogP contribution in [0.15, 0.2) is 47.5 Å². The maximum atomic E-state index is 13.5. The molecule has 11 heteroatoms. The van der Waals surface area contributed by atoms with Crippen LogP contribution in [0.4, 0.5) is 10.1 Å². The van der Waals surface area contributed by atoms with Crippen molar-refractivity contribution in [2.45, 2.75) is 52.0 Å². The molecule has 3 aromatic rings.